The van der Waals surface area contributed by atoms with Gasteiger partial charge in [0.05, 0.1) is 6.54 Å². The minimum atomic E-state index is 0.227. The predicted octanol–water partition coefficient (Wildman–Crippen LogP) is 1.09. The molecule has 15 heavy (non-hydrogen) atoms. The van der Waals surface area contributed by atoms with Gasteiger partial charge in [0.1, 0.15) is 10.7 Å². The van der Waals surface area contributed by atoms with Crippen LogP contribution in [0.15, 0.2) is 0 Å². The third kappa shape index (κ3) is 2.26. The zero-order chi connectivity index (χ0) is 10.7. The Kier molecular flexibility index (Phi) is 3.15. The molecule has 1 aliphatic heterocycles. The van der Waals surface area contributed by atoms with Crippen molar-refractivity contribution in [2.45, 2.75) is 26.3 Å². The Balaban J connectivity index is 2.03. The average Bonchev–Trinajstić information content (AvgIpc) is 2.80. The first-order chi connectivity index (χ1) is 7.31. The van der Waals surface area contributed by atoms with Gasteiger partial charge in [-0.15, -0.1) is 5.10 Å². The van der Waals surface area contributed by atoms with Crippen molar-refractivity contribution >= 4 is 22.4 Å². The SMILES string of the molecule is CCNc1snnc1CN1CCCC1=O. The van der Waals surface area contributed by atoms with Crippen molar-refractivity contribution in [2.75, 3.05) is 18.4 Å². The molecule has 0 saturated carbocycles. The number of carbonyl (C=O) groups is 1. The summed E-state index contributed by atoms with van der Waals surface area (Å²) in [6.07, 6.45) is 1.64. The summed E-state index contributed by atoms with van der Waals surface area (Å²) in [6, 6.07) is 0. The minimum Gasteiger partial charge on any atom is -0.374 e. The highest BCUT2D eigenvalue weighted by Gasteiger charge is 2.22. The molecule has 0 bridgehead atoms. The summed E-state index contributed by atoms with van der Waals surface area (Å²) in [5.41, 5.74) is 0.886. The molecule has 82 valence electrons. The van der Waals surface area contributed by atoms with Crippen LogP contribution in [0.25, 0.3) is 0 Å². The number of anilines is 1. The average molecular weight is 226 g/mol. The lowest BCUT2D eigenvalue weighted by Crippen LogP contribution is -2.24. The van der Waals surface area contributed by atoms with Crippen LogP contribution in [0.1, 0.15) is 25.5 Å². The van der Waals surface area contributed by atoms with Gasteiger partial charge in [-0.1, -0.05) is 4.49 Å². The summed E-state index contributed by atoms with van der Waals surface area (Å²) in [4.78, 5) is 13.3. The summed E-state index contributed by atoms with van der Waals surface area (Å²) in [5, 5.41) is 8.23. The zero-order valence-electron chi connectivity index (χ0n) is 8.69. The summed E-state index contributed by atoms with van der Waals surface area (Å²) >= 11 is 1.35. The molecule has 1 aromatic heterocycles. The molecule has 0 radical (unpaired) electrons. The van der Waals surface area contributed by atoms with Crippen LogP contribution in [0.4, 0.5) is 5.00 Å². The fraction of sp³-hybridized carbons (Fsp3) is 0.667. The van der Waals surface area contributed by atoms with Gasteiger partial charge in [-0.25, -0.2) is 0 Å². The molecule has 5 nitrogen and oxygen atoms in total. The van der Waals surface area contributed by atoms with Crippen molar-refractivity contribution in [3.05, 3.63) is 5.69 Å². The van der Waals surface area contributed by atoms with E-state index in [4.69, 9.17) is 0 Å². The fourth-order valence-electron chi connectivity index (χ4n) is 1.66. The lowest BCUT2D eigenvalue weighted by atomic mass is 10.4. The molecule has 1 N–H and O–H groups in total. The predicted molar refractivity (Wildman–Crippen MR) is 58.7 cm³/mol. The third-order valence-electron chi connectivity index (χ3n) is 2.41. The van der Waals surface area contributed by atoms with Gasteiger partial charge in [0.2, 0.25) is 5.91 Å². The van der Waals surface area contributed by atoms with Crippen molar-refractivity contribution in [1.29, 1.82) is 0 Å². The van der Waals surface area contributed by atoms with Crippen LogP contribution in [-0.2, 0) is 11.3 Å². The van der Waals surface area contributed by atoms with Crippen LogP contribution >= 0.6 is 11.5 Å². The van der Waals surface area contributed by atoms with Crippen molar-refractivity contribution < 1.29 is 4.79 Å². The molecule has 1 aromatic rings. The molecule has 0 aliphatic carbocycles. The molecule has 2 rings (SSSR count). The molecule has 0 atom stereocenters. The second kappa shape index (κ2) is 4.57. The van der Waals surface area contributed by atoms with Crippen molar-refractivity contribution in [2.24, 2.45) is 0 Å². The van der Waals surface area contributed by atoms with E-state index in [0.29, 0.717) is 13.0 Å². The summed E-state index contributed by atoms with van der Waals surface area (Å²) in [6.45, 7) is 4.33. The highest BCUT2D eigenvalue weighted by molar-refractivity contribution is 7.10. The topological polar surface area (TPSA) is 58.1 Å². The van der Waals surface area contributed by atoms with E-state index in [2.05, 4.69) is 14.9 Å². The van der Waals surface area contributed by atoms with Crippen molar-refractivity contribution in [1.82, 2.24) is 14.5 Å². The quantitative estimate of drug-likeness (QED) is 0.835. The summed E-state index contributed by atoms with van der Waals surface area (Å²) in [5.74, 6) is 0.227. The van der Waals surface area contributed by atoms with E-state index in [-0.39, 0.29) is 5.91 Å². The Bertz CT molecular complexity index is 352. The second-order valence-electron chi connectivity index (χ2n) is 3.50. The molecule has 6 heteroatoms. The number of carbonyl (C=O) groups excluding carboxylic acids is 1. The van der Waals surface area contributed by atoms with Gasteiger partial charge in [0.25, 0.3) is 0 Å². The van der Waals surface area contributed by atoms with Gasteiger partial charge in [-0.05, 0) is 13.3 Å². The maximum atomic E-state index is 11.4. The van der Waals surface area contributed by atoms with Crippen LogP contribution in [-0.4, -0.2) is 33.5 Å². The first kappa shape index (κ1) is 10.4. The number of likely N-dealkylation sites (tertiary alicyclic amines) is 1. The van der Waals surface area contributed by atoms with Crippen LogP contribution in [0.3, 0.4) is 0 Å². The van der Waals surface area contributed by atoms with Crippen LogP contribution in [0.5, 0.6) is 0 Å². The van der Waals surface area contributed by atoms with Gasteiger partial charge in [0.15, 0.2) is 0 Å². The minimum absolute atomic E-state index is 0.227. The fourth-order valence-corrected chi connectivity index (χ4v) is 2.30. The molecule has 0 aromatic carbocycles. The van der Waals surface area contributed by atoms with Gasteiger partial charge < -0.3 is 10.2 Å². The van der Waals surface area contributed by atoms with Crippen LogP contribution < -0.4 is 5.32 Å². The maximum absolute atomic E-state index is 11.4. The van der Waals surface area contributed by atoms with E-state index in [0.717, 1.165) is 30.2 Å². The number of nitrogens with one attached hydrogen (secondary N) is 1. The normalized spacial score (nSPS) is 16.1. The van der Waals surface area contributed by atoms with Crippen molar-refractivity contribution in [3.8, 4) is 0 Å². The Labute approximate surface area is 92.6 Å². The molecular weight excluding hydrogens is 212 g/mol. The van der Waals surface area contributed by atoms with Gasteiger partial charge in [-0.3, -0.25) is 4.79 Å². The Hall–Kier alpha value is -1.17. The summed E-state index contributed by atoms with van der Waals surface area (Å²) < 4.78 is 3.90. The summed E-state index contributed by atoms with van der Waals surface area (Å²) in [7, 11) is 0. The van der Waals surface area contributed by atoms with E-state index in [1.807, 2.05) is 11.8 Å². The van der Waals surface area contributed by atoms with Gasteiger partial charge in [0, 0.05) is 31.0 Å². The lowest BCUT2D eigenvalue weighted by Gasteiger charge is -2.14. The molecule has 0 spiro atoms. The Morgan fingerprint density at radius 2 is 2.47 bits per heavy atom. The number of amides is 1. The smallest absolute Gasteiger partial charge is 0.222 e. The molecule has 1 fully saturated rings. The lowest BCUT2D eigenvalue weighted by molar-refractivity contribution is -0.128. The van der Waals surface area contributed by atoms with Crippen LogP contribution in [0.2, 0.25) is 0 Å². The number of aromatic nitrogens is 2. The Morgan fingerprint density at radius 1 is 1.60 bits per heavy atom. The van der Waals surface area contributed by atoms with Gasteiger partial charge >= 0.3 is 0 Å². The highest BCUT2D eigenvalue weighted by atomic mass is 32.1. The first-order valence-corrected chi connectivity index (χ1v) is 5.91. The van der Waals surface area contributed by atoms with E-state index in [9.17, 15) is 4.79 Å². The highest BCUT2D eigenvalue weighted by Crippen LogP contribution is 2.21. The van der Waals surface area contributed by atoms with E-state index < -0.39 is 0 Å². The first-order valence-electron chi connectivity index (χ1n) is 5.14. The molecule has 1 saturated heterocycles. The molecular formula is C9H14N4OS. The standard InChI is InChI=1S/C9H14N4OS/c1-2-10-9-7(11-12-15-9)6-13-5-3-4-8(13)14/h10H,2-6H2,1H3. The zero-order valence-corrected chi connectivity index (χ0v) is 9.51. The van der Waals surface area contributed by atoms with Crippen LogP contribution in [0, 0.1) is 0 Å². The van der Waals surface area contributed by atoms with Gasteiger partial charge in [-0.2, -0.15) is 0 Å². The number of hydrogen-bond donors (Lipinski definition) is 1. The van der Waals surface area contributed by atoms with Crippen molar-refractivity contribution in [3.63, 3.8) is 0 Å². The maximum Gasteiger partial charge on any atom is 0.222 e. The monoisotopic (exact) mass is 226 g/mol. The van der Waals surface area contributed by atoms with E-state index in [1.54, 1.807) is 0 Å². The number of hydrogen-bond acceptors (Lipinski definition) is 5. The number of rotatable bonds is 4. The third-order valence-corrected chi connectivity index (χ3v) is 3.13. The number of nitrogens with zero attached hydrogens (tertiary/aromatic N) is 3. The Morgan fingerprint density at radius 3 is 3.13 bits per heavy atom. The van der Waals surface area contributed by atoms with E-state index >= 15 is 0 Å². The molecule has 1 amide bonds. The largest absolute Gasteiger partial charge is 0.374 e. The second-order valence-corrected chi connectivity index (χ2v) is 4.25. The molecule has 1 aliphatic rings. The molecule has 2 heterocycles. The molecule has 0 unspecified atom stereocenters. The van der Waals surface area contributed by atoms with E-state index in [1.165, 1.54) is 11.5 Å².